The van der Waals surface area contributed by atoms with Gasteiger partial charge in [-0.25, -0.2) is 0 Å². The third kappa shape index (κ3) is 2.93. The summed E-state index contributed by atoms with van der Waals surface area (Å²) in [5.41, 5.74) is 8.37. The highest BCUT2D eigenvalue weighted by molar-refractivity contribution is 5.35. The Balaban J connectivity index is 1.99. The van der Waals surface area contributed by atoms with Crippen molar-refractivity contribution in [2.24, 2.45) is 5.73 Å². The van der Waals surface area contributed by atoms with Crippen LogP contribution in [0.25, 0.3) is 0 Å². The molecule has 0 aliphatic rings. The topological polar surface area (TPSA) is 48.4 Å². The molecule has 0 saturated carbocycles. The van der Waals surface area contributed by atoms with Crippen LogP contribution in [0.5, 0.6) is 5.75 Å². The molecule has 18 heavy (non-hydrogen) atoms. The zero-order valence-corrected chi connectivity index (χ0v) is 11.1. The Bertz CT molecular complexity index is 531. The molecule has 1 heterocycles. The first kappa shape index (κ1) is 12.7. The molecule has 3 heteroatoms. The van der Waals surface area contributed by atoms with Crippen LogP contribution in [-0.4, -0.2) is 6.61 Å². The predicted octanol–water partition coefficient (Wildman–Crippen LogP) is 3.28. The normalized spacial score (nSPS) is 12.4. The maximum atomic E-state index is 6.02. The van der Waals surface area contributed by atoms with Crippen LogP contribution in [0.15, 0.2) is 34.7 Å². The van der Waals surface area contributed by atoms with Crippen LogP contribution in [0.4, 0.5) is 0 Å². The monoisotopic (exact) mass is 245 g/mol. The van der Waals surface area contributed by atoms with E-state index < -0.39 is 0 Å². The lowest BCUT2D eigenvalue weighted by atomic mass is 10.1. The van der Waals surface area contributed by atoms with Gasteiger partial charge in [0.05, 0.1) is 6.04 Å². The Morgan fingerprint density at radius 3 is 2.56 bits per heavy atom. The van der Waals surface area contributed by atoms with Crippen molar-refractivity contribution in [3.63, 3.8) is 0 Å². The van der Waals surface area contributed by atoms with Crippen molar-refractivity contribution in [1.82, 2.24) is 0 Å². The second-order valence-electron chi connectivity index (χ2n) is 4.63. The summed E-state index contributed by atoms with van der Waals surface area (Å²) in [7, 11) is 0. The fourth-order valence-corrected chi connectivity index (χ4v) is 1.88. The number of benzene rings is 1. The highest BCUT2D eigenvalue weighted by Crippen LogP contribution is 2.21. The molecule has 2 aromatic rings. The van der Waals surface area contributed by atoms with Crippen LogP contribution in [-0.2, 0) is 0 Å². The summed E-state index contributed by atoms with van der Waals surface area (Å²) in [5.74, 6) is 2.50. The SMILES string of the molecule is Cc1ccc(OCC(N)c2ccc(C)o2)c(C)c1. The first-order valence-electron chi connectivity index (χ1n) is 6.08. The van der Waals surface area contributed by atoms with E-state index in [4.69, 9.17) is 14.9 Å². The number of furan rings is 1. The van der Waals surface area contributed by atoms with Crippen molar-refractivity contribution in [2.75, 3.05) is 6.61 Å². The highest BCUT2D eigenvalue weighted by atomic mass is 16.5. The minimum atomic E-state index is -0.237. The molecule has 2 N–H and O–H groups in total. The third-order valence-electron chi connectivity index (χ3n) is 2.88. The van der Waals surface area contributed by atoms with Crippen molar-refractivity contribution in [3.05, 3.63) is 53.0 Å². The van der Waals surface area contributed by atoms with Crippen LogP contribution < -0.4 is 10.5 Å². The quantitative estimate of drug-likeness (QED) is 0.899. The molecule has 1 aromatic carbocycles. The van der Waals surface area contributed by atoms with Crippen LogP contribution >= 0.6 is 0 Å². The molecule has 3 nitrogen and oxygen atoms in total. The minimum Gasteiger partial charge on any atom is -0.491 e. The molecule has 1 aromatic heterocycles. The molecule has 96 valence electrons. The van der Waals surface area contributed by atoms with Gasteiger partial charge < -0.3 is 14.9 Å². The van der Waals surface area contributed by atoms with Gasteiger partial charge in [0, 0.05) is 0 Å². The van der Waals surface area contributed by atoms with Crippen LogP contribution in [0.3, 0.4) is 0 Å². The van der Waals surface area contributed by atoms with Gasteiger partial charge in [0.1, 0.15) is 23.9 Å². The van der Waals surface area contributed by atoms with Crippen molar-refractivity contribution in [1.29, 1.82) is 0 Å². The fourth-order valence-electron chi connectivity index (χ4n) is 1.88. The summed E-state index contributed by atoms with van der Waals surface area (Å²) in [6.07, 6.45) is 0. The largest absolute Gasteiger partial charge is 0.491 e. The molecular formula is C15H19NO2. The molecule has 0 amide bonds. The van der Waals surface area contributed by atoms with E-state index in [9.17, 15) is 0 Å². The van der Waals surface area contributed by atoms with Crippen molar-refractivity contribution < 1.29 is 9.15 Å². The zero-order valence-electron chi connectivity index (χ0n) is 11.1. The van der Waals surface area contributed by atoms with E-state index in [-0.39, 0.29) is 6.04 Å². The van der Waals surface area contributed by atoms with E-state index >= 15 is 0 Å². The van der Waals surface area contributed by atoms with E-state index in [1.165, 1.54) is 5.56 Å². The molecule has 0 aliphatic heterocycles. The van der Waals surface area contributed by atoms with Gasteiger partial charge in [-0.2, -0.15) is 0 Å². The second-order valence-corrected chi connectivity index (χ2v) is 4.63. The van der Waals surface area contributed by atoms with E-state index in [2.05, 4.69) is 13.0 Å². The standard InChI is InChI=1S/C15H19NO2/c1-10-4-6-14(11(2)8-10)17-9-13(16)15-7-5-12(3)18-15/h4-8,13H,9,16H2,1-3H3. The molecule has 0 aliphatic carbocycles. The third-order valence-corrected chi connectivity index (χ3v) is 2.88. The van der Waals surface area contributed by atoms with Gasteiger partial charge in [-0.1, -0.05) is 17.7 Å². The van der Waals surface area contributed by atoms with Crippen molar-refractivity contribution in [2.45, 2.75) is 26.8 Å². The van der Waals surface area contributed by atoms with Crippen LogP contribution in [0.1, 0.15) is 28.7 Å². The highest BCUT2D eigenvalue weighted by Gasteiger charge is 2.11. The number of aryl methyl sites for hydroxylation is 3. The fraction of sp³-hybridized carbons (Fsp3) is 0.333. The Labute approximate surface area is 108 Å². The van der Waals surface area contributed by atoms with Crippen molar-refractivity contribution in [3.8, 4) is 5.75 Å². The average molecular weight is 245 g/mol. The molecule has 0 fully saturated rings. The Morgan fingerprint density at radius 2 is 1.94 bits per heavy atom. The Hall–Kier alpha value is -1.74. The zero-order chi connectivity index (χ0) is 13.1. The van der Waals surface area contributed by atoms with E-state index in [0.717, 1.165) is 22.8 Å². The molecule has 2 rings (SSSR count). The summed E-state index contributed by atoms with van der Waals surface area (Å²) in [6, 6.07) is 9.67. The lowest BCUT2D eigenvalue weighted by Gasteiger charge is -2.13. The first-order valence-corrected chi connectivity index (χ1v) is 6.08. The lowest BCUT2D eigenvalue weighted by molar-refractivity contribution is 0.270. The summed E-state index contributed by atoms with van der Waals surface area (Å²) in [4.78, 5) is 0. The molecule has 0 saturated heterocycles. The number of hydrogen-bond acceptors (Lipinski definition) is 3. The number of ether oxygens (including phenoxy) is 1. The molecule has 0 spiro atoms. The first-order chi connectivity index (χ1) is 8.56. The van der Waals surface area contributed by atoms with E-state index in [1.54, 1.807) is 0 Å². The van der Waals surface area contributed by atoms with Gasteiger partial charge in [0.15, 0.2) is 0 Å². The van der Waals surface area contributed by atoms with Gasteiger partial charge in [-0.15, -0.1) is 0 Å². The summed E-state index contributed by atoms with van der Waals surface area (Å²) >= 11 is 0. The Kier molecular flexibility index (Phi) is 3.72. The summed E-state index contributed by atoms with van der Waals surface area (Å²) in [6.45, 7) is 6.41. The smallest absolute Gasteiger partial charge is 0.124 e. The number of hydrogen-bond donors (Lipinski definition) is 1. The lowest BCUT2D eigenvalue weighted by Crippen LogP contribution is -2.18. The van der Waals surface area contributed by atoms with E-state index in [0.29, 0.717) is 6.61 Å². The van der Waals surface area contributed by atoms with Crippen molar-refractivity contribution >= 4 is 0 Å². The molecule has 1 unspecified atom stereocenters. The number of nitrogens with two attached hydrogens (primary N) is 1. The average Bonchev–Trinajstić information content (AvgIpc) is 2.74. The molecule has 0 radical (unpaired) electrons. The van der Waals surface area contributed by atoms with E-state index in [1.807, 2.05) is 38.1 Å². The second kappa shape index (κ2) is 5.27. The van der Waals surface area contributed by atoms with Gasteiger partial charge in [0.2, 0.25) is 0 Å². The summed E-state index contributed by atoms with van der Waals surface area (Å²) < 4.78 is 11.2. The van der Waals surface area contributed by atoms with Gasteiger partial charge in [-0.3, -0.25) is 0 Å². The van der Waals surface area contributed by atoms with Crippen LogP contribution in [0.2, 0.25) is 0 Å². The number of rotatable bonds is 4. The molecule has 0 bridgehead atoms. The Morgan fingerprint density at radius 1 is 1.17 bits per heavy atom. The maximum absolute atomic E-state index is 6.02. The van der Waals surface area contributed by atoms with Crippen LogP contribution in [0, 0.1) is 20.8 Å². The molecular weight excluding hydrogens is 226 g/mol. The van der Waals surface area contributed by atoms with Gasteiger partial charge in [-0.05, 0) is 44.5 Å². The summed E-state index contributed by atoms with van der Waals surface area (Å²) in [5, 5.41) is 0. The predicted molar refractivity (Wildman–Crippen MR) is 71.8 cm³/mol. The molecule has 1 atom stereocenters. The maximum Gasteiger partial charge on any atom is 0.124 e. The van der Waals surface area contributed by atoms with Gasteiger partial charge in [0.25, 0.3) is 0 Å². The minimum absolute atomic E-state index is 0.237. The van der Waals surface area contributed by atoms with Gasteiger partial charge >= 0.3 is 0 Å².